The molecule has 0 atom stereocenters. The lowest BCUT2D eigenvalue weighted by molar-refractivity contribution is 0.705. The molecule has 2 heterocycles. The molecular formula is C13H13N3. The molecule has 0 aliphatic rings. The summed E-state index contributed by atoms with van der Waals surface area (Å²) >= 11 is 0. The summed E-state index contributed by atoms with van der Waals surface area (Å²) in [5, 5.41) is 2.55. The van der Waals surface area contributed by atoms with E-state index in [1.807, 2.05) is 24.0 Å². The van der Waals surface area contributed by atoms with Gasteiger partial charge in [0.05, 0.1) is 6.54 Å². The third-order valence-corrected chi connectivity index (χ3v) is 2.85. The quantitative estimate of drug-likeness (QED) is 0.638. The Balaban J connectivity index is 1.98. The molecule has 0 amide bonds. The molecule has 3 nitrogen and oxygen atoms in total. The lowest BCUT2D eigenvalue weighted by atomic mass is 10.2. The number of benzene rings is 1. The Hall–Kier alpha value is -2.03. The Kier molecular flexibility index (Phi) is 2.03. The van der Waals surface area contributed by atoms with Crippen molar-refractivity contribution in [1.82, 2.24) is 14.1 Å². The third kappa shape index (κ3) is 1.50. The number of fused-ring (bicyclic) bond motifs is 1. The first kappa shape index (κ1) is 9.21. The summed E-state index contributed by atoms with van der Waals surface area (Å²) in [6.07, 6.45) is 8.12. The Bertz CT molecular complexity index is 586. The average Bonchev–Trinajstić information content (AvgIpc) is 2.85. The van der Waals surface area contributed by atoms with Crippen LogP contribution in [-0.4, -0.2) is 14.1 Å². The first-order chi connectivity index (χ1) is 7.83. The van der Waals surface area contributed by atoms with Crippen molar-refractivity contribution in [2.24, 2.45) is 7.05 Å². The van der Waals surface area contributed by atoms with Gasteiger partial charge < -0.3 is 9.13 Å². The van der Waals surface area contributed by atoms with Crippen LogP contribution in [0.4, 0.5) is 0 Å². The van der Waals surface area contributed by atoms with Gasteiger partial charge in [0.1, 0.15) is 5.82 Å². The first-order valence-corrected chi connectivity index (χ1v) is 5.34. The van der Waals surface area contributed by atoms with E-state index in [9.17, 15) is 0 Å². The van der Waals surface area contributed by atoms with E-state index in [0.717, 1.165) is 12.4 Å². The lowest BCUT2D eigenvalue weighted by Crippen LogP contribution is -2.03. The smallest absolute Gasteiger partial charge is 0.128 e. The van der Waals surface area contributed by atoms with Crippen LogP contribution in [0.1, 0.15) is 5.82 Å². The molecule has 0 N–H and O–H groups in total. The summed E-state index contributed by atoms with van der Waals surface area (Å²) in [7, 11) is 2.02. The molecule has 3 aromatic rings. The molecule has 1 aromatic carbocycles. The second-order valence-corrected chi connectivity index (χ2v) is 4.01. The van der Waals surface area contributed by atoms with Gasteiger partial charge in [0.2, 0.25) is 0 Å². The van der Waals surface area contributed by atoms with Crippen LogP contribution < -0.4 is 0 Å². The van der Waals surface area contributed by atoms with Gasteiger partial charge in [-0.3, -0.25) is 0 Å². The van der Waals surface area contributed by atoms with E-state index in [1.54, 1.807) is 0 Å². The van der Waals surface area contributed by atoms with Crippen LogP contribution in [0.15, 0.2) is 49.1 Å². The average molecular weight is 211 g/mol. The van der Waals surface area contributed by atoms with Crippen molar-refractivity contribution in [2.45, 2.75) is 6.54 Å². The molecule has 0 spiro atoms. The minimum absolute atomic E-state index is 0.818. The van der Waals surface area contributed by atoms with E-state index in [-0.39, 0.29) is 0 Å². The minimum Gasteiger partial charge on any atom is -0.346 e. The van der Waals surface area contributed by atoms with Crippen molar-refractivity contribution in [3.05, 3.63) is 54.9 Å². The number of hydrogen-bond acceptors (Lipinski definition) is 1. The number of rotatable bonds is 2. The van der Waals surface area contributed by atoms with Crippen molar-refractivity contribution in [2.75, 3.05) is 0 Å². The Labute approximate surface area is 94.0 Å². The Morgan fingerprint density at radius 3 is 2.38 bits per heavy atom. The highest BCUT2D eigenvalue weighted by atomic mass is 15.1. The second kappa shape index (κ2) is 3.52. The minimum atomic E-state index is 0.818. The van der Waals surface area contributed by atoms with Gasteiger partial charge >= 0.3 is 0 Å². The van der Waals surface area contributed by atoms with Crippen LogP contribution in [0.3, 0.4) is 0 Å². The molecule has 0 fully saturated rings. The molecule has 80 valence electrons. The predicted molar refractivity (Wildman–Crippen MR) is 64.2 cm³/mol. The van der Waals surface area contributed by atoms with Crippen molar-refractivity contribution in [3.63, 3.8) is 0 Å². The van der Waals surface area contributed by atoms with Crippen LogP contribution in [0.5, 0.6) is 0 Å². The number of aromatic nitrogens is 3. The summed E-state index contributed by atoms with van der Waals surface area (Å²) in [5.41, 5.74) is 0. The molecule has 0 saturated carbocycles. The maximum Gasteiger partial charge on any atom is 0.128 e. The van der Waals surface area contributed by atoms with E-state index in [4.69, 9.17) is 0 Å². The van der Waals surface area contributed by atoms with Gasteiger partial charge in [-0.1, -0.05) is 24.3 Å². The van der Waals surface area contributed by atoms with Crippen LogP contribution in [-0.2, 0) is 13.6 Å². The maximum absolute atomic E-state index is 4.32. The summed E-state index contributed by atoms with van der Waals surface area (Å²) < 4.78 is 4.22. The van der Waals surface area contributed by atoms with Gasteiger partial charge in [0.25, 0.3) is 0 Å². The van der Waals surface area contributed by atoms with Crippen LogP contribution >= 0.6 is 0 Å². The van der Waals surface area contributed by atoms with Gasteiger partial charge in [-0.25, -0.2) is 4.98 Å². The van der Waals surface area contributed by atoms with Gasteiger partial charge in [0, 0.05) is 31.8 Å². The summed E-state index contributed by atoms with van der Waals surface area (Å²) in [6.45, 7) is 0.818. The fourth-order valence-electron chi connectivity index (χ4n) is 1.94. The molecule has 3 rings (SSSR count). The Morgan fingerprint density at radius 2 is 1.81 bits per heavy atom. The molecule has 16 heavy (non-hydrogen) atoms. The number of aryl methyl sites for hydroxylation is 1. The van der Waals surface area contributed by atoms with E-state index in [0.29, 0.717) is 0 Å². The summed E-state index contributed by atoms with van der Waals surface area (Å²) in [5.74, 6) is 1.07. The van der Waals surface area contributed by atoms with E-state index >= 15 is 0 Å². The van der Waals surface area contributed by atoms with Crippen LogP contribution in [0.25, 0.3) is 10.8 Å². The maximum atomic E-state index is 4.32. The highest BCUT2D eigenvalue weighted by Gasteiger charge is 2.01. The fourth-order valence-corrected chi connectivity index (χ4v) is 1.94. The molecule has 0 unspecified atom stereocenters. The SMILES string of the molecule is Cn1ccnc1Cn1cc2ccccc2c1. The molecule has 2 aromatic heterocycles. The third-order valence-electron chi connectivity index (χ3n) is 2.85. The van der Waals surface area contributed by atoms with E-state index in [1.165, 1.54) is 10.8 Å². The van der Waals surface area contributed by atoms with Gasteiger partial charge in [-0.2, -0.15) is 0 Å². The molecule has 0 bridgehead atoms. The standard InChI is InChI=1S/C13H13N3/c1-15-7-6-14-13(15)10-16-8-11-4-2-3-5-12(11)9-16/h2-9H,10H2,1H3. The number of hydrogen-bond donors (Lipinski definition) is 0. The molecule has 0 saturated heterocycles. The molecule has 3 heteroatoms. The lowest BCUT2D eigenvalue weighted by Gasteiger charge is -2.02. The zero-order valence-electron chi connectivity index (χ0n) is 9.17. The van der Waals surface area contributed by atoms with Gasteiger partial charge in [0.15, 0.2) is 0 Å². The topological polar surface area (TPSA) is 22.8 Å². The van der Waals surface area contributed by atoms with Crippen molar-refractivity contribution < 1.29 is 0 Å². The van der Waals surface area contributed by atoms with E-state index < -0.39 is 0 Å². The van der Waals surface area contributed by atoms with Crippen molar-refractivity contribution >= 4 is 10.8 Å². The highest BCUT2D eigenvalue weighted by Crippen LogP contribution is 2.15. The molecule has 0 radical (unpaired) electrons. The zero-order chi connectivity index (χ0) is 11.0. The molecule has 0 aliphatic heterocycles. The van der Waals surface area contributed by atoms with Crippen LogP contribution in [0, 0.1) is 0 Å². The van der Waals surface area contributed by atoms with Gasteiger partial charge in [-0.15, -0.1) is 0 Å². The first-order valence-electron chi connectivity index (χ1n) is 5.34. The summed E-state index contributed by atoms with van der Waals surface area (Å²) in [4.78, 5) is 4.32. The second-order valence-electron chi connectivity index (χ2n) is 4.01. The van der Waals surface area contributed by atoms with Crippen LogP contribution in [0.2, 0.25) is 0 Å². The fraction of sp³-hybridized carbons (Fsp3) is 0.154. The van der Waals surface area contributed by atoms with Crippen molar-refractivity contribution in [3.8, 4) is 0 Å². The Morgan fingerprint density at radius 1 is 1.12 bits per heavy atom. The molecule has 0 aliphatic carbocycles. The largest absolute Gasteiger partial charge is 0.346 e. The number of nitrogens with zero attached hydrogens (tertiary/aromatic N) is 3. The van der Waals surface area contributed by atoms with Crippen molar-refractivity contribution in [1.29, 1.82) is 0 Å². The zero-order valence-corrected chi connectivity index (χ0v) is 9.17. The predicted octanol–water partition coefficient (Wildman–Crippen LogP) is 2.42. The summed E-state index contributed by atoms with van der Waals surface area (Å²) in [6, 6.07) is 8.38. The highest BCUT2D eigenvalue weighted by molar-refractivity contribution is 5.82. The monoisotopic (exact) mass is 211 g/mol. The van der Waals surface area contributed by atoms with Gasteiger partial charge in [-0.05, 0) is 10.8 Å². The normalized spacial score (nSPS) is 11.1. The van der Waals surface area contributed by atoms with E-state index in [2.05, 4.69) is 46.2 Å². The molecular weight excluding hydrogens is 198 g/mol. The number of imidazole rings is 1.